The monoisotopic (exact) mass is 1080 g/mol. The molecule has 7 N–H and O–H groups in total. The molecule has 0 bridgehead atoms. The lowest BCUT2D eigenvalue weighted by Gasteiger charge is -2.42. The van der Waals surface area contributed by atoms with Crippen LogP contribution in [0.3, 0.4) is 0 Å². The van der Waals surface area contributed by atoms with E-state index in [0.717, 1.165) is 51.4 Å². The summed E-state index contributed by atoms with van der Waals surface area (Å²) in [6.07, 6.45) is 39.7. The summed E-state index contributed by atoms with van der Waals surface area (Å²) in [4.78, 5) is 25.9. The average Bonchev–Trinajstić information content (AvgIpc) is 3.41. The molecule has 0 amide bonds. The van der Waals surface area contributed by atoms with Crippen LogP contribution in [0.25, 0.3) is 0 Å². The number of allylic oxidation sites excluding steroid dienone is 10. The molecule has 15 heteroatoms. The molecule has 11 atom stereocenters. The van der Waals surface area contributed by atoms with Gasteiger partial charge in [0.05, 0.1) is 19.8 Å². The van der Waals surface area contributed by atoms with E-state index in [0.29, 0.717) is 19.3 Å². The first-order valence-electron chi connectivity index (χ1n) is 29.9. The van der Waals surface area contributed by atoms with Crippen molar-refractivity contribution in [3.8, 4) is 0 Å². The minimum atomic E-state index is -1.78. The Labute approximate surface area is 458 Å². The van der Waals surface area contributed by atoms with Crippen molar-refractivity contribution in [2.24, 2.45) is 0 Å². The third kappa shape index (κ3) is 33.6. The Balaban J connectivity index is 1.74. The highest BCUT2D eigenvalue weighted by atomic mass is 16.7. The Morgan fingerprint density at radius 2 is 0.829 bits per heavy atom. The zero-order valence-electron chi connectivity index (χ0n) is 47.0. The third-order valence-corrected chi connectivity index (χ3v) is 14.0. The Morgan fingerprint density at radius 1 is 0.434 bits per heavy atom. The first-order valence-corrected chi connectivity index (χ1v) is 29.9. The van der Waals surface area contributed by atoms with Crippen molar-refractivity contribution in [1.29, 1.82) is 0 Å². The van der Waals surface area contributed by atoms with E-state index in [4.69, 9.17) is 28.4 Å². The fourth-order valence-electron chi connectivity index (χ4n) is 9.20. The molecule has 0 radical (unpaired) electrons. The summed E-state index contributed by atoms with van der Waals surface area (Å²) in [6.45, 7) is 2.45. The largest absolute Gasteiger partial charge is 0.462 e. The molecule has 2 aliphatic heterocycles. The van der Waals surface area contributed by atoms with E-state index in [2.05, 4.69) is 62.5 Å². The summed E-state index contributed by atoms with van der Waals surface area (Å²) in [5.74, 6) is -0.987. The summed E-state index contributed by atoms with van der Waals surface area (Å²) >= 11 is 0. The highest BCUT2D eigenvalue weighted by Gasteiger charge is 2.47. The minimum Gasteiger partial charge on any atom is -0.462 e. The van der Waals surface area contributed by atoms with Crippen LogP contribution in [0.5, 0.6) is 0 Å². The molecule has 76 heavy (non-hydrogen) atoms. The van der Waals surface area contributed by atoms with Crippen LogP contribution in [0.15, 0.2) is 60.8 Å². The van der Waals surface area contributed by atoms with E-state index in [1.54, 1.807) is 0 Å². The number of hydrogen-bond donors (Lipinski definition) is 7. The number of unbranched alkanes of at least 4 members (excludes halogenated alkanes) is 23. The molecule has 0 spiro atoms. The van der Waals surface area contributed by atoms with Gasteiger partial charge in [-0.2, -0.15) is 0 Å². The van der Waals surface area contributed by atoms with Gasteiger partial charge in [0.15, 0.2) is 18.7 Å². The van der Waals surface area contributed by atoms with Crippen LogP contribution in [0.1, 0.15) is 219 Å². The quantitative estimate of drug-likeness (QED) is 0.0171. The van der Waals surface area contributed by atoms with Gasteiger partial charge >= 0.3 is 11.9 Å². The average molecular weight is 1080 g/mol. The Bertz CT molecular complexity index is 1550. The number of ether oxygens (including phenoxy) is 6. The molecule has 0 aromatic heterocycles. The molecule has 2 rings (SSSR count). The molecule has 2 fully saturated rings. The van der Waals surface area contributed by atoms with E-state index >= 15 is 0 Å². The van der Waals surface area contributed by atoms with Crippen molar-refractivity contribution in [3.63, 3.8) is 0 Å². The fourth-order valence-corrected chi connectivity index (χ4v) is 9.20. The number of rotatable bonds is 47. The zero-order valence-corrected chi connectivity index (χ0v) is 47.0. The second kappa shape index (κ2) is 47.1. The first-order chi connectivity index (χ1) is 37.0. The van der Waals surface area contributed by atoms with Gasteiger partial charge in [-0.1, -0.05) is 216 Å². The number of aliphatic hydroxyl groups excluding tert-OH is 7. The second-order valence-corrected chi connectivity index (χ2v) is 20.8. The lowest BCUT2D eigenvalue weighted by atomic mass is 9.98. The molecule has 0 aliphatic carbocycles. The summed E-state index contributed by atoms with van der Waals surface area (Å²) in [5, 5.41) is 72.3. The maximum atomic E-state index is 13.0. The third-order valence-electron chi connectivity index (χ3n) is 14.0. The number of aliphatic hydroxyl groups is 7. The lowest BCUT2D eigenvalue weighted by Crippen LogP contribution is -2.61. The lowest BCUT2D eigenvalue weighted by molar-refractivity contribution is -0.332. The van der Waals surface area contributed by atoms with Gasteiger partial charge in [0.25, 0.3) is 0 Å². The van der Waals surface area contributed by atoms with E-state index in [1.165, 1.54) is 122 Å². The molecular weight excluding hydrogens is 973 g/mol. The molecule has 0 aromatic rings. The van der Waals surface area contributed by atoms with Gasteiger partial charge in [-0.05, 0) is 51.4 Å². The first kappa shape index (κ1) is 69.3. The molecule has 15 nitrogen and oxygen atoms in total. The van der Waals surface area contributed by atoms with Crippen LogP contribution in [0, 0.1) is 0 Å². The Kier molecular flexibility index (Phi) is 42.9. The number of carbonyl (C=O) groups excluding carboxylic acids is 2. The van der Waals surface area contributed by atoms with Crippen LogP contribution in [-0.2, 0) is 38.0 Å². The van der Waals surface area contributed by atoms with Crippen molar-refractivity contribution in [2.45, 2.75) is 287 Å². The maximum Gasteiger partial charge on any atom is 0.306 e. The molecule has 11 unspecified atom stereocenters. The van der Waals surface area contributed by atoms with Crippen LogP contribution in [-0.4, -0.2) is 142 Å². The van der Waals surface area contributed by atoms with Crippen LogP contribution >= 0.6 is 0 Å². The molecule has 440 valence electrons. The van der Waals surface area contributed by atoms with Gasteiger partial charge in [-0.15, -0.1) is 0 Å². The van der Waals surface area contributed by atoms with Gasteiger partial charge in [0, 0.05) is 12.8 Å². The van der Waals surface area contributed by atoms with Gasteiger partial charge in [-0.25, -0.2) is 0 Å². The van der Waals surface area contributed by atoms with Gasteiger partial charge in [0.1, 0.15) is 55.4 Å². The highest BCUT2D eigenvalue weighted by Crippen LogP contribution is 2.27. The normalized spacial score (nSPS) is 24.8. The number of esters is 2. The van der Waals surface area contributed by atoms with Crippen molar-refractivity contribution in [3.05, 3.63) is 60.8 Å². The van der Waals surface area contributed by atoms with Gasteiger partial charge < -0.3 is 64.2 Å². The number of hydrogen-bond acceptors (Lipinski definition) is 15. The summed E-state index contributed by atoms with van der Waals surface area (Å²) in [7, 11) is 0. The maximum absolute atomic E-state index is 13.0. The molecule has 2 heterocycles. The molecule has 2 aliphatic rings. The van der Waals surface area contributed by atoms with E-state index < -0.39 is 99.3 Å². The van der Waals surface area contributed by atoms with Gasteiger partial charge in [-0.3, -0.25) is 9.59 Å². The topological polar surface area (TPSA) is 231 Å². The summed E-state index contributed by atoms with van der Waals surface area (Å²) in [6, 6.07) is 0. The van der Waals surface area contributed by atoms with E-state index in [9.17, 15) is 45.3 Å². The van der Waals surface area contributed by atoms with Crippen molar-refractivity contribution in [2.75, 3.05) is 26.4 Å². The van der Waals surface area contributed by atoms with Crippen LogP contribution in [0.4, 0.5) is 0 Å². The molecule has 0 saturated carbocycles. The second-order valence-electron chi connectivity index (χ2n) is 20.8. The minimum absolute atomic E-state index is 0.0864. The van der Waals surface area contributed by atoms with Crippen molar-refractivity contribution < 1.29 is 73.8 Å². The molecule has 0 aromatic carbocycles. The SMILES string of the molecule is CC/C=C\C/C=C\C/C=C\C/C=C\C/C=C\CCCC(=O)OC(COC(=O)CCCCCCCCCCCCCCCCCCCCCCCCC)COC1OC(COC2OC(CO)C(O)C(O)C2O)C(O)C(O)C1O. The standard InChI is InChI=1S/C61H106O15/c1-3-5-7-9-11-13-15-17-19-21-22-23-24-25-26-28-29-31-33-35-37-39-41-43-52(63)71-46-49(74-53(64)44-42-40-38-36-34-32-30-27-20-18-16-14-12-10-8-6-4-2)47-72-60-59(70)57(68)55(66)51(76-60)48-73-61-58(69)56(67)54(65)50(45-62)75-61/h6,8,12,14,18,20,30,32,36,38,49-51,54-62,65-70H,3-5,7,9-11,13,15-17,19,21-29,31,33-35,37,39-48H2,1-2H3/b8-6-,14-12-,20-18-,32-30-,38-36-. The van der Waals surface area contributed by atoms with E-state index in [-0.39, 0.29) is 19.4 Å². The van der Waals surface area contributed by atoms with Crippen LogP contribution < -0.4 is 0 Å². The summed E-state index contributed by atoms with van der Waals surface area (Å²) < 4.78 is 33.6. The van der Waals surface area contributed by atoms with Crippen molar-refractivity contribution >= 4 is 11.9 Å². The summed E-state index contributed by atoms with van der Waals surface area (Å²) in [5.41, 5.74) is 0. The Morgan fingerprint density at radius 3 is 1.29 bits per heavy atom. The number of carbonyl (C=O) groups is 2. The van der Waals surface area contributed by atoms with E-state index in [1.807, 2.05) is 12.2 Å². The van der Waals surface area contributed by atoms with Gasteiger partial charge in [0.2, 0.25) is 0 Å². The Hall–Kier alpha value is -2.80. The van der Waals surface area contributed by atoms with Crippen LogP contribution in [0.2, 0.25) is 0 Å². The highest BCUT2D eigenvalue weighted by molar-refractivity contribution is 5.70. The predicted molar refractivity (Wildman–Crippen MR) is 298 cm³/mol. The van der Waals surface area contributed by atoms with Crippen molar-refractivity contribution in [1.82, 2.24) is 0 Å². The predicted octanol–water partition coefficient (Wildman–Crippen LogP) is 10.4. The fraction of sp³-hybridized carbons (Fsp3) is 0.803. The zero-order chi connectivity index (χ0) is 55.3. The molecule has 2 saturated heterocycles. The molecular formula is C61H106O15. The smallest absolute Gasteiger partial charge is 0.306 e.